The van der Waals surface area contributed by atoms with Gasteiger partial charge in [-0.05, 0) is 20.5 Å². The monoisotopic (exact) mass is 230 g/mol. The lowest BCUT2D eigenvalue weighted by molar-refractivity contribution is 0.0181. The fraction of sp³-hybridized carbons (Fsp3) is 1.00. The summed E-state index contributed by atoms with van der Waals surface area (Å²) in [5.41, 5.74) is 0. The van der Waals surface area contributed by atoms with Gasteiger partial charge in [-0.25, -0.2) is 0 Å². The predicted octanol–water partition coefficient (Wildman–Crippen LogP) is 1.39. The standard InChI is InChI=1S/C11H23N2OP/c1-10(2)13-8-11(9-13)12-4-6-15(3,14)7-5-12/h10-11H,4-9H2,1-3H3. The van der Waals surface area contributed by atoms with Gasteiger partial charge in [-0.1, -0.05) is 0 Å². The molecule has 2 aliphatic rings. The van der Waals surface area contributed by atoms with Crippen molar-refractivity contribution in [2.75, 3.05) is 45.2 Å². The van der Waals surface area contributed by atoms with Crippen LogP contribution in [-0.2, 0) is 4.57 Å². The summed E-state index contributed by atoms with van der Waals surface area (Å²) < 4.78 is 11.8. The number of hydrogen-bond acceptors (Lipinski definition) is 3. The average molecular weight is 230 g/mol. The highest BCUT2D eigenvalue weighted by atomic mass is 31.2. The molecule has 0 amide bonds. The molecule has 0 spiro atoms. The van der Waals surface area contributed by atoms with Gasteiger partial charge < -0.3 is 4.57 Å². The Morgan fingerprint density at radius 1 is 1.20 bits per heavy atom. The van der Waals surface area contributed by atoms with Gasteiger partial charge >= 0.3 is 0 Å². The van der Waals surface area contributed by atoms with Gasteiger partial charge in [0.1, 0.15) is 0 Å². The van der Waals surface area contributed by atoms with Crippen LogP contribution in [0.2, 0.25) is 0 Å². The highest BCUT2D eigenvalue weighted by Gasteiger charge is 2.35. The molecule has 0 N–H and O–H groups in total. The van der Waals surface area contributed by atoms with Gasteiger partial charge in [-0.2, -0.15) is 0 Å². The van der Waals surface area contributed by atoms with Crippen molar-refractivity contribution >= 4 is 7.14 Å². The normalized spacial score (nSPS) is 29.3. The van der Waals surface area contributed by atoms with Gasteiger partial charge in [-0.15, -0.1) is 0 Å². The smallest absolute Gasteiger partial charge is 0.0873 e. The Morgan fingerprint density at radius 3 is 2.20 bits per heavy atom. The molecule has 4 heteroatoms. The molecule has 0 aromatic rings. The molecule has 2 aliphatic heterocycles. The van der Waals surface area contributed by atoms with Crippen LogP contribution in [-0.4, -0.2) is 67.1 Å². The Hall–Kier alpha value is 0.150. The maximum Gasteiger partial charge on any atom is 0.0873 e. The molecule has 0 aromatic carbocycles. The van der Waals surface area contributed by atoms with Crippen LogP contribution in [0.4, 0.5) is 0 Å². The van der Waals surface area contributed by atoms with Crippen molar-refractivity contribution < 1.29 is 4.57 Å². The third-order valence-electron chi connectivity index (χ3n) is 3.86. The van der Waals surface area contributed by atoms with Crippen molar-refractivity contribution in [1.82, 2.24) is 9.80 Å². The van der Waals surface area contributed by atoms with Gasteiger partial charge in [0, 0.05) is 50.6 Å². The summed E-state index contributed by atoms with van der Waals surface area (Å²) in [5, 5.41) is 0. The fourth-order valence-electron chi connectivity index (χ4n) is 2.41. The van der Waals surface area contributed by atoms with Crippen molar-refractivity contribution in [3.63, 3.8) is 0 Å². The van der Waals surface area contributed by atoms with Crippen LogP contribution in [0.3, 0.4) is 0 Å². The summed E-state index contributed by atoms with van der Waals surface area (Å²) in [6.07, 6.45) is 1.87. The lowest BCUT2D eigenvalue weighted by Crippen LogP contribution is -2.62. The third kappa shape index (κ3) is 2.64. The molecule has 2 saturated heterocycles. The Balaban J connectivity index is 1.77. The van der Waals surface area contributed by atoms with E-state index in [4.69, 9.17) is 0 Å². The van der Waals surface area contributed by atoms with Crippen molar-refractivity contribution in [1.29, 1.82) is 0 Å². The largest absolute Gasteiger partial charge is 0.324 e. The maximum absolute atomic E-state index is 11.8. The second-order valence-electron chi connectivity index (χ2n) is 5.48. The van der Waals surface area contributed by atoms with E-state index in [-0.39, 0.29) is 0 Å². The molecule has 0 atom stereocenters. The number of hydrogen-bond donors (Lipinski definition) is 0. The highest BCUT2D eigenvalue weighted by molar-refractivity contribution is 7.63. The molecule has 88 valence electrons. The molecule has 0 bridgehead atoms. The SMILES string of the molecule is CC(C)N1CC(N2CCP(C)(=O)CC2)C1. The van der Waals surface area contributed by atoms with Crippen LogP contribution in [0.25, 0.3) is 0 Å². The third-order valence-corrected chi connectivity index (χ3v) is 6.15. The molecule has 0 aliphatic carbocycles. The summed E-state index contributed by atoms with van der Waals surface area (Å²) in [4.78, 5) is 5.04. The lowest BCUT2D eigenvalue weighted by atomic mass is 10.0. The molecular formula is C11H23N2OP. The molecule has 15 heavy (non-hydrogen) atoms. The number of rotatable bonds is 2. The van der Waals surface area contributed by atoms with Crippen LogP contribution in [0, 0.1) is 0 Å². The molecule has 2 rings (SSSR count). The Labute approximate surface area is 93.2 Å². The number of nitrogens with zero attached hydrogens (tertiary/aromatic N) is 2. The fourth-order valence-corrected chi connectivity index (χ4v) is 3.99. The first-order chi connectivity index (χ1) is 6.98. The number of likely N-dealkylation sites (tertiary alicyclic amines) is 1. The topological polar surface area (TPSA) is 23.6 Å². The minimum atomic E-state index is -1.74. The maximum atomic E-state index is 11.8. The van der Waals surface area contributed by atoms with Crippen LogP contribution < -0.4 is 0 Å². The second kappa shape index (κ2) is 4.20. The molecule has 0 saturated carbocycles. The van der Waals surface area contributed by atoms with Gasteiger partial charge in [0.25, 0.3) is 0 Å². The van der Waals surface area contributed by atoms with Crippen molar-refractivity contribution in [2.45, 2.75) is 25.9 Å². The zero-order valence-electron chi connectivity index (χ0n) is 10.1. The van der Waals surface area contributed by atoms with E-state index in [9.17, 15) is 4.57 Å². The quantitative estimate of drug-likeness (QED) is 0.670. The average Bonchev–Trinajstić information content (AvgIpc) is 2.04. The highest BCUT2D eigenvalue weighted by Crippen LogP contribution is 2.43. The lowest BCUT2D eigenvalue weighted by Gasteiger charge is -2.49. The van der Waals surface area contributed by atoms with E-state index in [1.165, 1.54) is 13.1 Å². The van der Waals surface area contributed by atoms with Crippen molar-refractivity contribution in [3.8, 4) is 0 Å². The van der Waals surface area contributed by atoms with Gasteiger partial charge in [0.15, 0.2) is 0 Å². The summed E-state index contributed by atoms with van der Waals surface area (Å²) in [6.45, 7) is 11.0. The first-order valence-electron chi connectivity index (χ1n) is 6.01. The van der Waals surface area contributed by atoms with Crippen LogP contribution >= 0.6 is 7.14 Å². The summed E-state index contributed by atoms with van der Waals surface area (Å²) >= 11 is 0. The van der Waals surface area contributed by atoms with E-state index in [0.717, 1.165) is 31.5 Å². The predicted molar refractivity (Wildman–Crippen MR) is 65.3 cm³/mol. The van der Waals surface area contributed by atoms with E-state index in [0.29, 0.717) is 6.04 Å². The summed E-state index contributed by atoms with van der Waals surface area (Å²) in [6, 6.07) is 1.43. The molecule has 0 aromatic heterocycles. The van der Waals surface area contributed by atoms with Gasteiger partial charge in [-0.3, -0.25) is 9.80 Å². The van der Waals surface area contributed by atoms with Crippen LogP contribution in [0.5, 0.6) is 0 Å². The van der Waals surface area contributed by atoms with E-state index < -0.39 is 7.14 Å². The van der Waals surface area contributed by atoms with Crippen molar-refractivity contribution in [2.24, 2.45) is 0 Å². The van der Waals surface area contributed by atoms with Gasteiger partial charge in [0.05, 0.1) is 7.14 Å². The molecule has 3 nitrogen and oxygen atoms in total. The van der Waals surface area contributed by atoms with E-state index >= 15 is 0 Å². The van der Waals surface area contributed by atoms with E-state index in [2.05, 4.69) is 23.6 Å². The second-order valence-corrected chi connectivity index (χ2v) is 8.97. The first-order valence-corrected chi connectivity index (χ1v) is 8.54. The summed E-state index contributed by atoms with van der Waals surface area (Å²) in [7, 11) is -1.74. The molecule has 2 fully saturated rings. The Bertz CT molecular complexity index is 262. The molecule has 2 heterocycles. The van der Waals surface area contributed by atoms with Crippen LogP contribution in [0.15, 0.2) is 0 Å². The zero-order chi connectivity index (χ0) is 11.1. The van der Waals surface area contributed by atoms with Crippen molar-refractivity contribution in [3.05, 3.63) is 0 Å². The zero-order valence-corrected chi connectivity index (χ0v) is 11.0. The molecular weight excluding hydrogens is 207 g/mol. The molecule has 0 unspecified atom stereocenters. The Morgan fingerprint density at radius 2 is 1.73 bits per heavy atom. The van der Waals surface area contributed by atoms with E-state index in [1.54, 1.807) is 0 Å². The minimum Gasteiger partial charge on any atom is -0.324 e. The first kappa shape index (κ1) is 11.6. The summed E-state index contributed by atoms with van der Waals surface area (Å²) in [5.74, 6) is 0. The van der Waals surface area contributed by atoms with Crippen LogP contribution in [0.1, 0.15) is 13.8 Å². The van der Waals surface area contributed by atoms with Gasteiger partial charge in [0.2, 0.25) is 0 Å². The Kier molecular flexibility index (Phi) is 3.25. The van der Waals surface area contributed by atoms with E-state index in [1.807, 2.05) is 6.66 Å². The molecule has 0 radical (unpaired) electrons. The minimum absolute atomic E-state index is 0.684.